The Morgan fingerprint density at radius 3 is 2.71 bits per heavy atom. The minimum atomic E-state index is -0.916. The molecule has 6 heteroatoms. The fourth-order valence-electron chi connectivity index (χ4n) is 2.79. The van der Waals surface area contributed by atoms with Crippen molar-refractivity contribution in [1.82, 2.24) is 0 Å². The van der Waals surface area contributed by atoms with Crippen molar-refractivity contribution in [3.8, 4) is 0 Å². The van der Waals surface area contributed by atoms with Crippen molar-refractivity contribution in [3.05, 3.63) is 76.9 Å². The number of hydrogen-bond donors (Lipinski definition) is 2. The van der Waals surface area contributed by atoms with Crippen molar-refractivity contribution in [2.24, 2.45) is 10.7 Å². The topological polar surface area (TPSA) is 75.7 Å². The van der Waals surface area contributed by atoms with Gasteiger partial charge in [0.25, 0.3) is 0 Å². The number of allylic oxidation sites excluding steroid dienone is 2. The molecular formula is C22H20N2O2S2. The molecule has 0 bridgehead atoms. The molecule has 0 atom stereocenters. The molecule has 0 aliphatic rings. The number of aryl methyl sites for hydroxylation is 1. The largest absolute Gasteiger partial charge is 0.478 e. The number of benzene rings is 2. The third kappa shape index (κ3) is 4.52. The number of carboxylic acid groups (broad SMARTS) is 1. The summed E-state index contributed by atoms with van der Waals surface area (Å²) in [7, 11) is 0. The molecule has 3 rings (SSSR count). The molecule has 28 heavy (non-hydrogen) atoms. The van der Waals surface area contributed by atoms with Crippen molar-refractivity contribution in [1.29, 1.82) is 0 Å². The van der Waals surface area contributed by atoms with Crippen LogP contribution in [0.3, 0.4) is 0 Å². The van der Waals surface area contributed by atoms with Gasteiger partial charge in [0, 0.05) is 25.6 Å². The SMILES string of the molecule is C=C(N)/N=C\C=C(/C)c1sc2ccc(Sc3cccc(C(=O)O)c3)cc2c1C. The number of nitrogens with two attached hydrogens (primary N) is 1. The first-order valence-electron chi connectivity index (χ1n) is 8.55. The zero-order chi connectivity index (χ0) is 20.3. The highest BCUT2D eigenvalue weighted by Gasteiger charge is 2.11. The number of thiophene rings is 1. The number of carboxylic acids is 1. The van der Waals surface area contributed by atoms with Gasteiger partial charge in [-0.25, -0.2) is 9.79 Å². The lowest BCUT2D eigenvalue weighted by Gasteiger charge is -2.04. The highest BCUT2D eigenvalue weighted by molar-refractivity contribution is 7.99. The van der Waals surface area contributed by atoms with Crippen LogP contribution >= 0.6 is 23.1 Å². The normalized spacial score (nSPS) is 12.0. The van der Waals surface area contributed by atoms with Crippen LogP contribution in [0.5, 0.6) is 0 Å². The summed E-state index contributed by atoms with van der Waals surface area (Å²) in [5.74, 6) is -0.633. The lowest BCUT2D eigenvalue weighted by molar-refractivity contribution is 0.0696. The van der Waals surface area contributed by atoms with Gasteiger partial charge in [0.1, 0.15) is 5.82 Å². The van der Waals surface area contributed by atoms with Crippen LogP contribution in [-0.4, -0.2) is 17.3 Å². The predicted molar refractivity (Wildman–Crippen MR) is 120 cm³/mol. The van der Waals surface area contributed by atoms with Crippen molar-refractivity contribution >= 4 is 50.9 Å². The lowest BCUT2D eigenvalue weighted by atomic mass is 10.1. The van der Waals surface area contributed by atoms with Gasteiger partial charge >= 0.3 is 5.97 Å². The smallest absolute Gasteiger partial charge is 0.335 e. The predicted octanol–water partition coefficient (Wildman–Crippen LogP) is 5.96. The summed E-state index contributed by atoms with van der Waals surface area (Å²) >= 11 is 3.30. The minimum Gasteiger partial charge on any atom is -0.478 e. The fourth-order valence-corrected chi connectivity index (χ4v) is 4.88. The van der Waals surface area contributed by atoms with Crippen LogP contribution in [0.4, 0.5) is 0 Å². The molecule has 4 nitrogen and oxygen atoms in total. The van der Waals surface area contributed by atoms with Crippen LogP contribution in [0.15, 0.2) is 75.7 Å². The van der Waals surface area contributed by atoms with Crippen LogP contribution in [0, 0.1) is 6.92 Å². The highest BCUT2D eigenvalue weighted by atomic mass is 32.2. The van der Waals surface area contributed by atoms with Crippen LogP contribution in [-0.2, 0) is 0 Å². The number of nitrogens with zero attached hydrogens (tertiary/aromatic N) is 1. The molecule has 0 amide bonds. The summed E-state index contributed by atoms with van der Waals surface area (Å²) in [6, 6.07) is 13.3. The van der Waals surface area contributed by atoms with Crippen LogP contribution in [0.25, 0.3) is 15.7 Å². The maximum absolute atomic E-state index is 11.2. The molecule has 0 spiro atoms. The second kappa shape index (κ2) is 8.46. The van der Waals surface area contributed by atoms with E-state index < -0.39 is 5.97 Å². The average Bonchev–Trinajstić information content (AvgIpc) is 2.98. The second-order valence-corrected chi connectivity index (χ2v) is 8.47. The molecule has 3 N–H and O–H groups in total. The quantitative estimate of drug-likeness (QED) is 0.493. The van der Waals surface area contributed by atoms with Crippen molar-refractivity contribution in [2.45, 2.75) is 23.6 Å². The molecule has 0 saturated carbocycles. The van der Waals surface area contributed by atoms with E-state index in [4.69, 9.17) is 10.8 Å². The van der Waals surface area contributed by atoms with Gasteiger partial charge in [0.2, 0.25) is 0 Å². The zero-order valence-electron chi connectivity index (χ0n) is 15.6. The Balaban J connectivity index is 1.92. The Morgan fingerprint density at radius 2 is 2.00 bits per heavy atom. The molecule has 0 saturated heterocycles. The monoisotopic (exact) mass is 408 g/mol. The van der Waals surface area contributed by atoms with Crippen molar-refractivity contribution < 1.29 is 9.90 Å². The van der Waals surface area contributed by atoms with E-state index in [2.05, 4.69) is 43.6 Å². The summed E-state index contributed by atoms with van der Waals surface area (Å²) in [6.45, 7) is 7.72. The van der Waals surface area contributed by atoms with Gasteiger partial charge in [0.15, 0.2) is 0 Å². The summed E-state index contributed by atoms with van der Waals surface area (Å²) in [4.78, 5) is 18.4. The molecule has 0 aliphatic heterocycles. The Hall–Kier alpha value is -2.83. The van der Waals surface area contributed by atoms with Crippen LogP contribution < -0.4 is 5.73 Å². The molecule has 3 aromatic rings. The summed E-state index contributed by atoms with van der Waals surface area (Å²) in [5, 5.41) is 10.4. The van der Waals surface area contributed by atoms with E-state index in [9.17, 15) is 4.79 Å². The van der Waals surface area contributed by atoms with Gasteiger partial charge in [-0.05, 0) is 72.8 Å². The van der Waals surface area contributed by atoms with E-state index in [-0.39, 0.29) is 5.82 Å². The Morgan fingerprint density at radius 1 is 1.25 bits per heavy atom. The standard InChI is InChI=1S/C22H20N2O2S2/c1-13(9-10-24-15(3)23)21-14(2)19-12-18(7-8-20(19)28-21)27-17-6-4-5-16(11-17)22(25)26/h4-12H,3,23H2,1-2H3,(H,25,26)/b13-9+,24-10-. The fraction of sp³-hybridized carbons (Fsp3) is 0.0909. The van der Waals surface area contributed by atoms with E-state index >= 15 is 0 Å². The van der Waals surface area contributed by atoms with Gasteiger partial charge in [0.05, 0.1) is 5.56 Å². The lowest BCUT2D eigenvalue weighted by Crippen LogP contribution is -1.95. The molecule has 142 valence electrons. The molecule has 1 heterocycles. The number of hydrogen-bond acceptors (Lipinski definition) is 5. The third-order valence-electron chi connectivity index (χ3n) is 4.15. The van der Waals surface area contributed by atoms with E-state index in [0.717, 1.165) is 15.4 Å². The van der Waals surface area contributed by atoms with E-state index in [0.29, 0.717) is 5.56 Å². The second-order valence-electron chi connectivity index (χ2n) is 6.27. The van der Waals surface area contributed by atoms with Gasteiger partial charge in [-0.2, -0.15) is 0 Å². The van der Waals surface area contributed by atoms with Gasteiger partial charge < -0.3 is 10.8 Å². The molecule has 1 aromatic heterocycles. The first kappa shape index (κ1) is 19.9. The maximum atomic E-state index is 11.2. The van der Waals surface area contributed by atoms with Gasteiger partial charge in [-0.1, -0.05) is 24.4 Å². The summed E-state index contributed by atoms with van der Waals surface area (Å²) in [6.07, 6.45) is 3.60. The number of rotatable bonds is 6. The Labute approximate surface area is 172 Å². The van der Waals surface area contributed by atoms with Crippen LogP contribution in [0.1, 0.15) is 27.7 Å². The van der Waals surface area contributed by atoms with Crippen molar-refractivity contribution in [3.63, 3.8) is 0 Å². The van der Waals surface area contributed by atoms with E-state index in [1.54, 1.807) is 47.5 Å². The first-order chi connectivity index (χ1) is 13.3. The number of fused-ring (bicyclic) bond motifs is 1. The van der Waals surface area contributed by atoms with E-state index in [1.807, 2.05) is 12.1 Å². The molecule has 0 radical (unpaired) electrons. The average molecular weight is 409 g/mol. The molecule has 0 fully saturated rings. The van der Waals surface area contributed by atoms with E-state index in [1.165, 1.54) is 20.5 Å². The number of aromatic carboxylic acids is 1. The Kier molecular flexibility index (Phi) is 6.02. The van der Waals surface area contributed by atoms with Gasteiger partial charge in [-0.3, -0.25) is 0 Å². The first-order valence-corrected chi connectivity index (χ1v) is 10.2. The molecule has 0 aliphatic carbocycles. The molecular weight excluding hydrogens is 388 g/mol. The highest BCUT2D eigenvalue weighted by Crippen LogP contribution is 2.38. The summed E-state index contributed by atoms with van der Waals surface area (Å²) < 4.78 is 1.21. The van der Waals surface area contributed by atoms with Gasteiger partial charge in [-0.15, -0.1) is 11.3 Å². The molecule has 2 aromatic carbocycles. The van der Waals surface area contributed by atoms with Crippen molar-refractivity contribution in [2.75, 3.05) is 0 Å². The summed E-state index contributed by atoms with van der Waals surface area (Å²) in [5.41, 5.74) is 8.09. The molecule has 0 unspecified atom stereocenters. The zero-order valence-corrected chi connectivity index (χ0v) is 17.2. The minimum absolute atomic E-state index is 0.283. The maximum Gasteiger partial charge on any atom is 0.335 e. The number of aliphatic imine (C=N–C) groups is 1. The third-order valence-corrected chi connectivity index (χ3v) is 6.53. The Bertz CT molecular complexity index is 1130. The number of carbonyl (C=O) groups is 1. The van der Waals surface area contributed by atoms with Crippen LogP contribution in [0.2, 0.25) is 0 Å².